The first kappa shape index (κ1) is 15.3. The molecule has 0 unspecified atom stereocenters. The topological polar surface area (TPSA) is 58.2 Å². The summed E-state index contributed by atoms with van der Waals surface area (Å²) in [7, 11) is -3.46. The Labute approximate surface area is 122 Å². The van der Waals surface area contributed by atoms with Crippen molar-refractivity contribution in [2.24, 2.45) is 5.92 Å². The number of hydrogen-bond donors (Lipinski definition) is 2. The van der Waals surface area contributed by atoms with Gasteiger partial charge in [0.1, 0.15) is 0 Å². The summed E-state index contributed by atoms with van der Waals surface area (Å²) in [6.07, 6.45) is 5.04. The maximum absolute atomic E-state index is 12.1. The summed E-state index contributed by atoms with van der Waals surface area (Å²) >= 11 is 0. The fraction of sp³-hybridized carbons (Fsp3) is 0.600. The van der Waals surface area contributed by atoms with Crippen LogP contribution in [-0.4, -0.2) is 14.5 Å². The SMILES string of the molecule is CC(C)Cc1cccc(NS(=O)(=O)NC2CCCC2)c1. The first-order valence-corrected chi connectivity index (χ1v) is 8.82. The van der Waals surface area contributed by atoms with Crippen molar-refractivity contribution >= 4 is 15.9 Å². The Hall–Kier alpha value is -1.07. The van der Waals surface area contributed by atoms with Gasteiger partial charge in [0.15, 0.2) is 0 Å². The fourth-order valence-electron chi connectivity index (χ4n) is 2.68. The van der Waals surface area contributed by atoms with Crippen LogP contribution < -0.4 is 9.44 Å². The van der Waals surface area contributed by atoms with Crippen LogP contribution in [0.2, 0.25) is 0 Å². The molecule has 5 heteroatoms. The largest absolute Gasteiger partial charge is 0.299 e. The molecular weight excluding hydrogens is 272 g/mol. The summed E-state index contributed by atoms with van der Waals surface area (Å²) in [5, 5.41) is 0. The highest BCUT2D eigenvalue weighted by Crippen LogP contribution is 2.19. The molecular formula is C15H24N2O2S. The highest BCUT2D eigenvalue weighted by atomic mass is 32.2. The monoisotopic (exact) mass is 296 g/mol. The molecule has 1 aliphatic rings. The third-order valence-corrected chi connectivity index (χ3v) is 4.65. The average Bonchev–Trinajstić information content (AvgIpc) is 2.79. The van der Waals surface area contributed by atoms with Crippen LogP contribution in [0.4, 0.5) is 5.69 Å². The Morgan fingerprint density at radius 2 is 1.95 bits per heavy atom. The Morgan fingerprint density at radius 3 is 2.60 bits per heavy atom. The molecule has 20 heavy (non-hydrogen) atoms. The van der Waals surface area contributed by atoms with E-state index in [9.17, 15) is 8.42 Å². The van der Waals surface area contributed by atoms with E-state index in [1.165, 1.54) is 0 Å². The number of benzene rings is 1. The Balaban J connectivity index is 2.00. The van der Waals surface area contributed by atoms with Gasteiger partial charge >= 0.3 is 0 Å². The summed E-state index contributed by atoms with van der Waals surface area (Å²) in [4.78, 5) is 0. The molecule has 1 aromatic carbocycles. The van der Waals surface area contributed by atoms with Crippen LogP contribution in [0.15, 0.2) is 24.3 Å². The predicted molar refractivity (Wildman–Crippen MR) is 82.9 cm³/mol. The molecule has 112 valence electrons. The van der Waals surface area contributed by atoms with Crippen LogP contribution >= 0.6 is 0 Å². The van der Waals surface area contributed by atoms with Gasteiger partial charge in [-0.2, -0.15) is 13.1 Å². The van der Waals surface area contributed by atoms with Gasteiger partial charge in [0.25, 0.3) is 10.2 Å². The summed E-state index contributed by atoms with van der Waals surface area (Å²) in [5.41, 5.74) is 1.79. The zero-order valence-electron chi connectivity index (χ0n) is 12.2. The Kier molecular flexibility index (Phi) is 5.05. The van der Waals surface area contributed by atoms with Gasteiger partial charge in [0, 0.05) is 6.04 Å². The van der Waals surface area contributed by atoms with Crippen LogP contribution in [-0.2, 0) is 16.6 Å². The van der Waals surface area contributed by atoms with Crippen molar-refractivity contribution in [2.45, 2.75) is 52.0 Å². The fourth-order valence-corrected chi connectivity index (χ4v) is 3.85. The molecule has 1 aliphatic carbocycles. The van der Waals surface area contributed by atoms with Crippen molar-refractivity contribution in [1.82, 2.24) is 4.72 Å². The van der Waals surface area contributed by atoms with Crippen LogP contribution in [0.1, 0.15) is 45.1 Å². The zero-order chi connectivity index (χ0) is 14.6. The van der Waals surface area contributed by atoms with Gasteiger partial charge in [0.05, 0.1) is 5.69 Å². The quantitative estimate of drug-likeness (QED) is 0.847. The minimum Gasteiger partial charge on any atom is -0.271 e. The standard InChI is InChI=1S/C15H24N2O2S/c1-12(2)10-13-6-5-9-15(11-13)17-20(18,19)16-14-7-3-4-8-14/h5-6,9,11-12,14,16-17H,3-4,7-8,10H2,1-2H3. The molecule has 0 bridgehead atoms. The predicted octanol–water partition coefficient (Wildman–Crippen LogP) is 3.07. The lowest BCUT2D eigenvalue weighted by atomic mass is 10.0. The molecule has 4 nitrogen and oxygen atoms in total. The molecule has 0 radical (unpaired) electrons. The van der Waals surface area contributed by atoms with Crippen molar-refractivity contribution < 1.29 is 8.42 Å². The normalized spacial score (nSPS) is 16.8. The third-order valence-electron chi connectivity index (χ3n) is 3.50. The lowest BCUT2D eigenvalue weighted by molar-refractivity contribution is 0.557. The van der Waals surface area contributed by atoms with E-state index in [1.54, 1.807) is 6.07 Å². The molecule has 1 fully saturated rings. The molecule has 2 rings (SSSR count). The summed E-state index contributed by atoms with van der Waals surface area (Å²) in [5.74, 6) is 0.554. The molecule has 1 saturated carbocycles. The van der Waals surface area contributed by atoms with Crippen LogP contribution in [0, 0.1) is 5.92 Å². The van der Waals surface area contributed by atoms with Crippen molar-refractivity contribution in [2.75, 3.05) is 4.72 Å². The third kappa shape index (κ3) is 4.80. The van der Waals surface area contributed by atoms with E-state index in [1.807, 2.05) is 18.2 Å². The van der Waals surface area contributed by atoms with Gasteiger partial charge in [-0.1, -0.05) is 38.8 Å². The lowest BCUT2D eigenvalue weighted by Gasteiger charge is -2.14. The second-order valence-corrected chi connectivity index (χ2v) is 7.45. The summed E-state index contributed by atoms with van der Waals surface area (Å²) in [6, 6.07) is 7.71. The smallest absolute Gasteiger partial charge is 0.271 e. The molecule has 0 saturated heterocycles. The second kappa shape index (κ2) is 6.59. The first-order valence-electron chi connectivity index (χ1n) is 7.33. The van der Waals surface area contributed by atoms with Gasteiger partial charge in [-0.25, -0.2) is 0 Å². The molecule has 0 atom stereocenters. The highest BCUT2D eigenvalue weighted by molar-refractivity contribution is 7.90. The van der Waals surface area contributed by atoms with E-state index >= 15 is 0 Å². The number of anilines is 1. The maximum Gasteiger partial charge on any atom is 0.299 e. The van der Waals surface area contributed by atoms with Crippen LogP contribution in [0.3, 0.4) is 0 Å². The summed E-state index contributed by atoms with van der Waals surface area (Å²) < 4.78 is 29.5. The van der Waals surface area contributed by atoms with Gasteiger partial charge in [-0.3, -0.25) is 4.72 Å². The van der Waals surface area contributed by atoms with Gasteiger partial charge in [-0.05, 0) is 42.9 Å². The van der Waals surface area contributed by atoms with Crippen LogP contribution in [0.25, 0.3) is 0 Å². The van der Waals surface area contributed by atoms with E-state index in [-0.39, 0.29) is 6.04 Å². The van der Waals surface area contributed by atoms with E-state index in [0.29, 0.717) is 11.6 Å². The van der Waals surface area contributed by atoms with Crippen molar-refractivity contribution in [3.05, 3.63) is 29.8 Å². The van der Waals surface area contributed by atoms with E-state index in [4.69, 9.17) is 0 Å². The molecule has 0 aliphatic heterocycles. The molecule has 0 aromatic heterocycles. The lowest BCUT2D eigenvalue weighted by Crippen LogP contribution is -2.37. The van der Waals surface area contributed by atoms with Crippen molar-refractivity contribution in [3.63, 3.8) is 0 Å². The number of nitrogens with one attached hydrogen (secondary N) is 2. The Bertz CT molecular complexity index is 535. The molecule has 0 amide bonds. The van der Waals surface area contributed by atoms with Crippen molar-refractivity contribution in [3.8, 4) is 0 Å². The minimum absolute atomic E-state index is 0.0892. The van der Waals surface area contributed by atoms with E-state index in [0.717, 1.165) is 37.7 Å². The van der Waals surface area contributed by atoms with E-state index < -0.39 is 10.2 Å². The van der Waals surface area contributed by atoms with Crippen LogP contribution in [0.5, 0.6) is 0 Å². The number of hydrogen-bond acceptors (Lipinski definition) is 2. The number of rotatable bonds is 6. The minimum atomic E-state index is -3.46. The summed E-state index contributed by atoms with van der Waals surface area (Å²) in [6.45, 7) is 4.30. The average molecular weight is 296 g/mol. The zero-order valence-corrected chi connectivity index (χ0v) is 13.0. The molecule has 0 spiro atoms. The second-order valence-electron chi connectivity index (χ2n) is 6.00. The highest BCUT2D eigenvalue weighted by Gasteiger charge is 2.21. The first-order chi connectivity index (χ1) is 9.44. The molecule has 1 aromatic rings. The van der Waals surface area contributed by atoms with Gasteiger partial charge < -0.3 is 0 Å². The molecule has 0 heterocycles. The van der Waals surface area contributed by atoms with Gasteiger partial charge in [-0.15, -0.1) is 0 Å². The Morgan fingerprint density at radius 1 is 1.25 bits per heavy atom. The van der Waals surface area contributed by atoms with Crippen molar-refractivity contribution in [1.29, 1.82) is 0 Å². The molecule has 2 N–H and O–H groups in total. The maximum atomic E-state index is 12.1. The van der Waals surface area contributed by atoms with Gasteiger partial charge in [0.2, 0.25) is 0 Å². The van der Waals surface area contributed by atoms with E-state index in [2.05, 4.69) is 23.3 Å².